The van der Waals surface area contributed by atoms with Crippen molar-refractivity contribution < 1.29 is 44.5 Å². The summed E-state index contributed by atoms with van der Waals surface area (Å²) in [6.07, 6.45) is 3.21. The van der Waals surface area contributed by atoms with Crippen LogP contribution in [0.2, 0.25) is 10.0 Å². The van der Waals surface area contributed by atoms with E-state index in [1.165, 1.54) is 30.3 Å². The molecule has 2 N–H and O–H groups in total. The first kappa shape index (κ1) is 24.6. The molecule has 0 radical (unpaired) electrons. The predicted octanol–water partition coefficient (Wildman–Crippen LogP) is 1.91. The normalized spacial score (nSPS) is 10.0. The van der Waals surface area contributed by atoms with E-state index in [4.69, 9.17) is 32.7 Å². The smallest absolute Gasteiger partial charge is 1.00 e. The number of nitrogens with zero attached hydrogens (tertiary/aromatic N) is 1. The summed E-state index contributed by atoms with van der Waals surface area (Å²) in [6, 6.07) is 12.2. The summed E-state index contributed by atoms with van der Waals surface area (Å²) in [5.41, 5.74) is 0.155. The van der Waals surface area contributed by atoms with Gasteiger partial charge in [0.25, 0.3) is 5.91 Å². The van der Waals surface area contributed by atoms with Crippen LogP contribution in [0.15, 0.2) is 60.9 Å². The largest absolute Gasteiger partial charge is 1.00 e. The molecule has 1 aromatic heterocycles. The molecule has 0 aliphatic rings. The van der Waals surface area contributed by atoms with Crippen LogP contribution in [0, 0.1) is 0 Å². The number of hydrogen-bond acceptors (Lipinski definition) is 5. The first-order valence-corrected chi connectivity index (χ1v) is 9.49. The maximum Gasteiger partial charge on any atom is 1.00 e. The van der Waals surface area contributed by atoms with Crippen molar-refractivity contribution in [3.05, 3.63) is 82.1 Å². The zero-order valence-corrected chi connectivity index (χ0v) is 18.0. The molecule has 0 aliphatic heterocycles. The Balaban J connectivity index is 0.00000256. The number of carboxylic acid groups (broad SMARTS) is 1. The average Bonchev–Trinajstić information content (AvgIpc) is 2.72. The fourth-order valence-electron chi connectivity index (χ4n) is 2.51. The molecule has 2 aromatic carbocycles. The van der Waals surface area contributed by atoms with Gasteiger partial charge in [0.15, 0.2) is 0 Å². The number of aromatic carboxylic acids is 1. The van der Waals surface area contributed by atoms with Gasteiger partial charge in [-0.25, -0.2) is 4.79 Å². The number of amides is 1. The second-order valence-electron chi connectivity index (χ2n) is 5.98. The Morgan fingerprint density at radius 2 is 1.74 bits per heavy atom. The van der Waals surface area contributed by atoms with Gasteiger partial charge in [0, 0.05) is 11.2 Å². The molecule has 0 spiro atoms. The topological polar surface area (TPSA) is 97.8 Å². The van der Waals surface area contributed by atoms with E-state index in [9.17, 15) is 14.7 Å². The number of nitrogens with one attached hydrogen (secondary N) is 1. The number of carbonyl (C=O) groups is 2. The number of benzene rings is 2. The Labute approximate surface area is 202 Å². The van der Waals surface area contributed by atoms with Gasteiger partial charge >= 0.3 is 24.8 Å². The Kier molecular flexibility index (Phi) is 9.22. The molecule has 0 saturated carbocycles. The number of carbonyl (C=O) groups excluding carboxylic acids is 1. The van der Waals surface area contributed by atoms with Gasteiger partial charge in [-0.1, -0.05) is 23.2 Å². The molecule has 31 heavy (non-hydrogen) atoms. The predicted molar refractivity (Wildman–Crippen MR) is 114 cm³/mol. The van der Waals surface area contributed by atoms with Gasteiger partial charge in [-0.15, -0.1) is 0 Å². The maximum atomic E-state index is 12.5. The van der Waals surface area contributed by atoms with Crippen molar-refractivity contribution in [2.45, 2.75) is 0 Å². The monoisotopic (exact) mass is 454 g/mol. The zero-order chi connectivity index (χ0) is 21.5. The van der Waals surface area contributed by atoms with Gasteiger partial charge in [0.1, 0.15) is 24.7 Å². The van der Waals surface area contributed by atoms with Crippen LogP contribution < -0.4 is 33.7 Å². The summed E-state index contributed by atoms with van der Waals surface area (Å²) in [5, 5.41) is 12.6. The van der Waals surface area contributed by atoms with Gasteiger partial charge in [0.2, 0.25) is 0 Å². The summed E-state index contributed by atoms with van der Waals surface area (Å²) >= 11 is 11.9. The number of carboxylic acids is 1. The van der Waals surface area contributed by atoms with E-state index in [1.54, 1.807) is 30.6 Å². The van der Waals surface area contributed by atoms with Crippen LogP contribution in [0.25, 0.3) is 0 Å². The third-order valence-electron chi connectivity index (χ3n) is 3.90. The average molecular weight is 455 g/mol. The molecule has 156 valence electrons. The van der Waals surface area contributed by atoms with Gasteiger partial charge < -0.3 is 21.3 Å². The van der Waals surface area contributed by atoms with E-state index in [0.717, 1.165) is 0 Å². The van der Waals surface area contributed by atoms with E-state index in [2.05, 4.69) is 10.3 Å². The molecule has 1 heterocycles. The van der Waals surface area contributed by atoms with Crippen LogP contribution in [-0.2, 0) is 0 Å². The van der Waals surface area contributed by atoms with Crippen molar-refractivity contribution in [1.82, 2.24) is 4.98 Å². The SMILES string of the molecule is O=C(Nc1ccc(OCCOc2cccnc2)cc1C(=O)O)c1ccc(Cl)cc1Cl.[H-].[Li+]. The molecule has 7 nitrogen and oxygen atoms in total. The number of hydrogen-bond donors (Lipinski definition) is 2. The van der Waals surface area contributed by atoms with Crippen LogP contribution in [0.3, 0.4) is 0 Å². The Morgan fingerprint density at radius 3 is 2.39 bits per heavy atom. The second kappa shape index (κ2) is 11.6. The van der Waals surface area contributed by atoms with Crippen LogP contribution in [0.5, 0.6) is 11.5 Å². The summed E-state index contributed by atoms with van der Waals surface area (Å²) < 4.78 is 11.0. The molecule has 0 fully saturated rings. The van der Waals surface area contributed by atoms with Crippen LogP contribution in [0.1, 0.15) is 22.1 Å². The first-order valence-electron chi connectivity index (χ1n) is 8.73. The minimum Gasteiger partial charge on any atom is -1.00 e. The molecule has 3 aromatic rings. The molecule has 0 atom stereocenters. The molecule has 0 aliphatic carbocycles. The number of aromatic nitrogens is 1. The van der Waals surface area contributed by atoms with Crippen LogP contribution in [-0.4, -0.2) is 35.2 Å². The molecule has 0 bridgehead atoms. The Bertz CT molecular complexity index is 1070. The minimum absolute atomic E-state index is 0. The fourth-order valence-corrected chi connectivity index (χ4v) is 3.01. The number of pyridine rings is 1. The van der Waals surface area contributed by atoms with E-state index >= 15 is 0 Å². The molecular formula is C21H17Cl2LiN2O5. The number of anilines is 1. The number of ether oxygens (including phenoxy) is 2. The molecule has 1 amide bonds. The summed E-state index contributed by atoms with van der Waals surface area (Å²) in [6.45, 7) is 0.446. The fraction of sp³-hybridized carbons (Fsp3) is 0.0952. The Hall–Kier alpha value is -2.69. The third kappa shape index (κ3) is 6.91. The number of halogens is 2. The molecule has 0 saturated heterocycles. The molecular weight excluding hydrogens is 438 g/mol. The van der Waals surface area contributed by atoms with Gasteiger partial charge in [-0.3, -0.25) is 9.78 Å². The second-order valence-corrected chi connectivity index (χ2v) is 6.82. The van der Waals surface area contributed by atoms with Crippen LogP contribution in [0.4, 0.5) is 5.69 Å². The van der Waals surface area contributed by atoms with E-state index in [0.29, 0.717) is 16.5 Å². The van der Waals surface area contributed by atoms with Gasteiger partial charge in [-0.05, 0) is 48.5 Å². The quantitative estimate of drug-likeness (QED) is 0.398. The maximum absolute atomic E-state index is 12.5. The minimum atomic E-state index is -1.22. The van der Waals surface area contributed by atoms with E-state index in [-0.39, 0.29) is 55.3 Å². The summed E-state index contributed by atoms with van der Waals surface area (Å²) in [7, 11) is 0. The van der Waals surface area contributed by atoms with Gasteiger partial charge in [-0.2, -0.15) is 0 Å². The third-order valence-corrected chi connectivity index (χ3v) is 4.45. The molecule has 0 unspecified atom stereocenters. The van der Waals surface area contributed by atoms with Gasteiger partial charge in [0.05, 0.1) is 28.0 Å². The van der Waals surface area contributed by atoms with E-state index in [1.807, 2.05) is 0 Å². The van der Waals surface area contributed by atoms with Crippen molar-refractivity contribution in [1.29, 1.82) is 0 Å². The van der Waals surface area contributed by atoms with Crippen molar-refractivity contribution in [2.24, 2.45) is 0 Å². The summed E-state index contributed by atoms with van der Waals surface area (Å²) in [4.78, 5) is 28.0. The standard InChI is InChI=1S/C21H16Cl2N2O5.Li.H/c22-13-3-5-16(18(23)10-13)20(26)25-19-6-4-14(11-17(19)21(27)28)29-8-9-30-15-2-1-7-24-12-15;;/h1-7,10-12H,8-9H2,(H,25,26)(H,27,28);;/q;+1;-1. The van der Waals surface area contributed by atoms with E-state index < -0.39 is 11.9 Å². The number of rotatable bonds is 8. The molecule has 3 rings (SSSR count). The van der Waals surface area contributed by atoms with Crippen molar-refractivity contribution in [3.63, 3.8) is 0 Å². The van der Waals surface area contributed by atoms with Crippen LogP contribution >= 0.6 is 23.2 Å². The van der Waals surface area contributed by atoms with Crippen molar-refractivity contribution in [2.75, 3.05) is 18.5 Å². The summed E-state index contributed by atoms with van der Waals surface area (Å²) in [5.74, 6) is -0.849. The first-order chi connectivity index (χ1) is 14.4. The van der Waals surface area contributed by atoms with Crippen molar-refractivity contribution in [3.8, 4) is 11.5 Å². The molecule has 10 heteroatoms. The zero-order valence-electron chi connectivity index (χ0n) is 17.5. The Morgan fingerprint density at radius 1 is 1.00 bits per heavy atom. The van der Waals surface area contributed by atoms with Crippen molar-refractivity contribution >= 4 is 40.8 Å².